The molecule has 0 aromatic heterocycles. The van der Waals surface area contributed by atoms with Gasteiger partial charge in [-0.25, -0.2) is 4.57 Å². The third kappa shape index (κ3) is 40.9. The normalized spacial score (nSPS) is 14.8. The summed E-state index contributed by atoms with van der Waals surface area (Å²) in [7, 11) is -4.64. The lowest BCUT2D eigenvalue weighted by Crippen LogP contribution is -2.29. The SMILES string of the molecule is CC/C=C/CC(O)/C=C/C=C/CCCCCCCC(=O)O[C@H](COC(=O)CCCCCCCCCCCCCCCCCCC(C)C)COP(=O)(O)OC[C@@H](O)CO. The van der Waals surface area contributed by atoms with Gasteiger partial charge in [0.15, 0.2) is 6.10 Å². The van der Waals surface area contributed by atoms with Gasteiger partial charge in [0.05, 0.1) is 25.9 Å². The molecule has 4 N–H and O–H groups in total. The summed E-state index contributed by atoms with van der Waals surface area (Å²) in [5.74, 6) is -0.142. The maximum Gasteiger partial charge on any atom is 0.472 e. The van der Waals surface area contributed by atoms with Crippen LogP contribution in [0.3, 0.4) is 0 Å². The van der Waals surface area contributed by atoms with Crippen molar-refractivity contribution in [2.75, 3.05) is 26.4 Å². The number of ether oxygens (including phenoxy) is 2. The Morgan fingerprint density at radius 1 is 0.621 bits per heavy atom. The average molecular weight is 845 g/mol. The van der Waals surface area contributed by atoms with Gasteiger partial charge in [-0.3, -0.25) is 18.6 Å². The zero-order valence-corrected chi connectivity index (χ0v) is 37.7. The number of aliphatic hydroxyl groups excluding tert-OH is 3. The van der Waals surface area contributed by atoms with Crippen LogP contribution in [0.4, 0.5) is 0 Å². The molecule has 0 aliphatic carbocycles. The maximum atomic E-state index is 12.6. The predicted octanol–water partition coefficient (Wildman–Crippen LogP) is 11.2. The fraction of sp³-hybridized carbons (Fsp3) is 0.826. The number of aliphatic hydroxyl groups is 3. The van der Waals surface area contributed by atoms with Gasteiger partial charge in [-0.05, 0) is 44.4 Å². The molecule has 0 aliphatic heterocycles. The monoisotopic (exact) mass is 845 g/mol. The van der Waals surface area contributed by atoms with Gasteiger partial charge in [0.2, 0.25) is 0 Å². The predicted molar refractivity (Wildman–Crippen MR) is 234 cm³/mol. The third-order valence-corrected chi connectivity index (χ3v) is 10.8. The van der Waals surface area contributed by atoms with Crippen molar-refractivity contribution >= 4 is 19.8 Å². The van der Waals surface area contributed by atoms with Crippen LogP contribution in [0.15, 0.2) is 36.5 Å². The van der Waals surface area contributed by atoms with Crippen LogP contribution in [0.25, 0.3) is 0 Å². The standard InChI is InChI=1S/C46H85O11P/c1-4-5-27-33-42(48)34-29-24-20-16-14-18-22-26-31-36-46(51)57-44(40-56-58(52,53)55-38-43(49)37-47)39-54-45(50)35-30-25-21-17-13-11-9-7-6-8-10-12-15-19-23-28-32-41(2)3/h5,20,24,27,29,34,41-44,47-49H,4,6-19,21-23,25-26,28,30-33,35-40H2,1-3H3,(H,52,53)/b24-20+,27-5+,34-29+/t42?,43-,44+/m0/s1. The highest BCUT2D eigenvalue weighted by atomic mass is 31.2. The molecule has 0 spiro atoms. The minimum absolute atomic E-state index is 0.139. The minimum atomic E-state index is -4.64. The second-order valence-electron chi connectivity index (χ2n) is 16.1. The number of hydrogen-bond donors (Lipinski definition) is 4. The van der Waals surface area contributed by atoms with Gasteiger partial charge in [-0.1, -0.05) is 179 Å². The Morgan fingerprint density at radius 2 is 1.12 bits per heavy atom. The minimum Gasteiger partial charge on any atom is -0.462 e. The summed E-state index contributed by atoms with van der Waals surface area (Å²) >= 11 is 0. The third-order valence-electron chi connectivity index (χ3n) is 9.82. The van der Waals surface area contributed by atoms with E-state index in [0.717, 1.165) is 63.7 Å². The Balaban J connectivity index is 4.28. The van der Waals surface area contributed by atoms with Gasteiger partial charge >= 0.3 is 19.8 Å². The van der Waals surface area contributed by atoms with E-state index in [1.54, 1.807) is 6.08 Å². The molecule has 0 aromatic rings. The molecule has 0 aliphatic rings. The van der Waals surface area contributed by atoms with Crippen LogP contribution in [-0.2, 0) is 32.7 Å². The fourth-order valence-corrected chi connectivity index (χ4v) is 7.06. The number of carbonyl (C=O) groups is 2. The Kier molecular flexibility index (Phi) is 39.3. The van der Waals surface area contributed by atoms with Gasteiger partial charge in [0.1, 0.15) is 12.7 Å². The van der Waals surface area contributed by atoms with Crippen molar-refractivity contribution in [3.63, 3.8) is 0 Å². The molecule has 340 valence electrons. The quantitative estimate of drug-likeness (QED) is 0.0152. The van der Waals surface area contributed by atoms with Crippen molar-refractivity contribution in [1.29, 1.82) is 0 Å². The first-order valence-electron chi connectivity index (χ1n) is 22.9. The summed E-state index contributed by atoms with van der Waals surface area (Å²) in [5, 5.41) is 28.2. The highest BCUT2D eigenvalue weighted by molar-refractivity contribution is 7.47. The van der Waals surface area contributed by atoms with Crippen LogP contribution in [0, 0.1) is 5.92 Å². The molecular weight excluding hydrogens is 759 g/mol. The number of phosphoric acid groups is 1. The second-order valence-corrected chi connectivity index (χ2v) is 17.5. The number of allylic oxidation sites excluding steroid dienone is 4. The first-order chi connectivity index (χ1) is 28.0. The largest absolute Gasteiger partial charge is 0.472 e. The molecule has 0 heterocycles. The Morgan fingerprint density at radius 3 is 1.66 bits per heavy atom. The molecular formula is C46H85O11P. The first-order valence-corrected chi connectivity index (χ1v) is 24.4. The summed E-state index contributed by atoms with van der Waals surface area (Å²) < 4.78 is 32.7. The number of hydrogen-bond acceptors (Lipinski definition) is 10. The molecule has 0 saturated heterocycles. The molecule has 2 unspecified atom stereocenters. The van der Waals surface area contributed by atoms with E-state index < -0.39 is 57.9 Å². The van der Waals surface area contributed by atoms with Crippen LogP contribution in [-0.4, -0.2) is 76.9 Å². The molecule has 0 rings (SSSR count). The summed E-state index contributed by atoms with van der Waals surface area (Å²) in [6.07, 6.45) is 37.3. The smallest absolute Gasteiger partial charge is 0.462 e. The van der Waals surface area contributed by atoms with Gasteiger partial charge in [0, 0.05) is 12.8 Å². The molecule has 12 heteroatoms. The number of phosphoric ester groups is 1. The van der Waals surface area contributed by atoms with Crippen molar-refractivity contribution in [3.05, 3.63) is 36.5 Å². The van der Waals surface area contributed by atoms with Crippen LogP contribution < -0.4 is 0 Å². The van der Waals surface area contributed by atoms with Gasteiger partial charge in [0.25, 0.3) is 0 Å². The van der Waals surface area contributed by atoms with E-state index in [4.69, 9.17) is 19.1 Å². The second kappa shape index (κ2) is 40.6. The van der Waals surface area contributed by atoms with Crippen LogP contribution in [0.2, 0.25) is 0 Å². The van der Waals surface area contributed by atoms with Crippen molar-refractivity contribution in [2.24, 2.45) is 5.92 Å². The van der Waals surface area contributed by atoms with Gasteiger partial charge < -0.3 is 29.7 Å². The van der Waals surface area contributed by atoms with E-state index in [0.29, 0.717) is 19.3 Å². The Bertz CT molecular complexity index is 1090. The number of esters is 2. The lowest BCUT2D eigenvalue weighted by Gasteiger charge is -2.20. The Labute approximate surface area is 353 Å². The molecule has 0 fully saturated rings. The fourth-order valence-electron chi connectivity index (χ4n) is 6.27. The molecule has 11 nitrogen and oxygen atoms in total. The number of unbranched alkanes of at least 4 members (excludes halogenated alkanes) is 20. The molecule has 0 aromatic carbocycles. The van der Waals surface area contributed by atoms with Crippen molar-refractivity contribution < 1.29 is 52.9 Å². The van der Waals surface area contributed by atoms with Crippen molar-refractivity contribution in [2.45, 2.75) is 212 Å². The zero-order valence-electron chi connectivity index (χ0n) is 36.8. The van der Waals surface area contributed by atoms with Gasteiger partial charge in [-0.2, -0.15) is 0 Å². The van der Waals surface area contributed by atoms with Crippen molar-refractivity contribution in [3.8, 4) is 0 Å². The molecule has 4 atom stereocenters. The molecule has 0 saturated carbocycles. The lowest BCUT2D eigenvalue weighted by atomic mass is 10.0. The molecule has 0 amide bonds. The lowest BCUT2D eigenvalue weighted by molar-refractivity contribution is -0.161. The summed E-state index contributed by atoms with van der Waals surface area (Å²) in [6, 6.07) is 0. The summed E-state index contributed by atoms with van der Waals surface area (Å²) in [6.45, 7) is 4.49. The van der Waals surface area contributed by atoms with E-state index in [1.165, 1.54) is 83.5 Å². The number of carbonyl (C=O) groups excluding carboxylic acids is 2. The zero-order chi connectivity index (χ0) is 43.0. The van der Waals surface area contributed by atoms with E-state index >= 15 is 0 Å². The average Bonchev–Trinajstić information content (AvgIpc) is 3.19. The summed E-state index contributed by atoms with van der Waals surface area (Å²) in [4.78, 5) is 35.0. The van der Waals surface area contributed by atoms with E-state index in [9.17, 15) is 29.3 Å². The first kappa shape index (κ1) is 56.1. The molecule has 0 bridgehead atoms. The highest BCUT2D eigenvalue weighted by Crippen LogP contribution is 2.43. The maximum absolute atomic E-state index is 12.6. The van der Waals surface area contributed by atoms with Crippen molar-refractivity contribution in [1.82, 2.24) is 0 Å². The molecule has 0 radical (unpaired) electrons. The Hall–Kier alpha value is -1.85. The van der Waals surface area contributed by atoms with Gasteiger partial charge in [-0.15, -0.1) is 0 Å². The number of rotatable bonds is 42. The molecule has 58 heavy (non-hydrogen) atoms. The highest BCUT2D eigenvalue weighted by Gasteiger charge is 2.27. The van der Waals surface area contributed by atoms with E-state index in [1.807, 2.05) is 24.3 Å². The summed E-state index contributed by atoms with van der Waals surface area (Å²) in [5.41, 5.74) is 0. The van der Waals surface area contributed by atoms with E-state index in [2.05, 4.69) is 31.4 Å². The van der Waals surface area contributed by atoms with E-state index in [-0.39, 0.29) is 19.4 Å². The van der Waals surface area contributed by atoms with Crippen LogP contribution in [0.1, 0.15) is 194 Å². The topological polar surface area (TPSA) is 169 Å². The van der Waals surface area contributed by atoms with Crippen LogP contribution in [0.5, 0.6) is 0 Å². The van der Waals surface area contributed by atoms with Crippen LogP contribution >= 0.6 is 7.82 Å².